The molecule has 0 aliphatic heterocycles. The fourth-order valence-corrected chi connectivity index (χ4v) is 1.62. The quantitative estimate of drug-likeness (QED) is 0.856. The van der Waals surface area contributed by atoms with Gasteiger partial charge in [-0.25, -0.2) is 0 Å². The Balaban J connectivity index is 2.22. The maximum atomic E-state index is 9.91. The molecule has 0 aliphatic carbocycles. The Hall–Kier alpha value is -2.49. The van der Waals surface area contributed by atoms with E-state index in [0.29, 0.717) is 11.3 Å². The van der Waals surface area contributed by atoms with Gasteiger partial charge in [0, 0.05) is 11.8 Å². The van der Waals surface area contributed by atoms with E-state index in [0.717, 1.165) is 11.4 Å². The second-order valence-corrected chi connectivity index (χ2v) is 3.85. The fourth-order valence-electron chi connectivity index (χ4n) is 1.62. The molecule has 0 radical (unpaired) electrons. The zero-order valence-corrected chi connectivity index (χ0v) is 10.8. The molecule has 0 unspecified atom stereocenters. The number of hydrogen-bond donors (Lipinski definition) is 1. The van der Waals surface area contributed by atoms with E-state index in [1.165, 1.54) is 7.11 Å². The molecular formula is C15H15NO3. The average Bonchev–Trinajstić information content (AvgIpc) is 2.47. The number of aliphatic imine (C=N–C) groups is 1. The topological polar surface area (TPSA) is 51.0 Å². The lowest BCUT2D eigenvalue weighted by molar-refractivity contribution is 0.373. The highest BCUT2D eigenvalue weighted by molar-refractivity contribution is 5.86. The molecule has 4 heteroatoms. The first-order valence-corrected chi connectivity index (χ1v) is 5.78. The van der Waals surface area contributed by atoms with Crippen molar-refractivity contribution < 1.29 is 14.6 Å². The zero-order chi connectivity index (χ0) is 13.7. The van der Waals surface area contributed by atoms with Gasteiger partial charge < -0.3 is 14.6 Å². The summed E-state index contributed by atoms with van der Waals surface area (Å²) in [5, 5.41) is 9.91. The van der Waals surface area contributed by atoms with Crippen LogP contribution in [-0.2, 0) is 0 Å². The Morgan fingerprint density at radius 1 is 1.00 bits per heavy atom. The molecule has 0 atom stereocenters. The van der Waals surface area contributed by atoms with Gasteiger partial charge in [0.1, 0.15) is 5.75 Å². The molecule has 0 bridgehead atoms. The van der Waals surface area contributed by atoms with Crippen LogP contribution in [-0.4, -0.2) is 25.5 Å². The van der Waals surface area contributed by atoms with Crippen LogP contribution in [0.4, 0.5) is 5.69 Å². The molecule has 0 heterocycles. The second-order valence-electron chi connectivity index (χ2n) is 3.85. The predicted molar refractivity (Wildman–Crippen MR) is 74.9 cm³/mol. The fraction of sp³-hybridized carbons (Fsp3) is 0.133. The van der Waals surface area contributed by atoms with Crippen LogP contribution in [0.1, 0.15) is 5.56 Å². The van der Waals surface area contributed by atoms with Crippen molar-refractivity contribution in [1.82, 2.24) is 0 Å². The van der Waals surface area contributed by atoms with Crippen LogP contribution in [0, 0.1) is 0 Å². The van der Waals surface area contributed by atoms with Gasteiger partial charge >= 0.3 is 0 Å². The van der Waals surface area contributed by atoms with Gasteiger partial charge in [0.15, 0.2) is 11.5 Å². The number of methoxy groups -OCH3 is 2. The lowest BCUT2D eigenvalue weighted by atomic mass is 10.2. The van der Waals surface area contributed by atoms with E-state index in [1.54, 1.807) is 31.5 Å². The molecule has 0 saturated heterocycles. The number of hydrogen-bond acceptors (Lipinski definition) is 4. The van der Waals surface area contributed by atoms with Crippen LogP contribution < -0.4 is 9.47 Å². The summed E-state index contributed by atoms with van der Waals surface area (Å²) in [7, 11) is 3.13. The lowest BCUT2D eigenvalue weighted by Gasteiger charge is -2.04. The molecule has 19 heavy (non-hydrogen) atoms. The highest BCUT2D eigenvalue weighted by Crippen LogP contribution is 2.28. The van der Waals surface area contributed by atoms with Crippen molar-refractivity contribution in [2.75, 3.05) is 14.2 Å². The molecule has 2 aromatic carbocycles. The third-order valence-corrected chi connectivity index (χ3v) is 2.68. The molecule has 0 spiro atoms. The van der Waals surface area contributed by atoms with E-state index >= 15 is 0 Å². The Morgan fingerprint density at radius 3 is 2.37 bits per heavy atom. The highest BCUT2D eigenvalue weighted by atomic mass is 16.5. The van der Waals surface area contributed by atoms with Crippen molar-refractivity contribution >= 4 is 11.9 Å². The Labute approximate surface area is 111 Å². The SMILES string of the molecule is COc1ccc(N=Cc2cccc(OC)c2O)cc1. The zero-order valence-electron chi connectivity index (χ0n) is 10.8. The first-order chi connectivity index (χ1) is 9.24. The molecule has 1 N–H and O–H groups in total. The van der Waals surface area contributed by atoms with E-state index < -0.39 is 0 Å². The number of nitrogens with zero attached hydrogens (tertiary/aromatic N) is 1. The van der Waals surface area contributed by atoms with Gasteiger partial charge in [-0.2, -0.15) is 0 Å². The number of rotatable bonds is 4. The third-order valence-electron chi connectivity index (χ3n) is 2.68. The number of para-hydroxylation sites is 1. The average molecular weight is 257 g/mol. The van der Waals surface area contributed by atoms with Gasteiger partial charge in [0.05, 0.1) is 19.9 Å². The van der Waals surface area contributed by atoms with Crippen LogP contribution in [0.2, 0.25) is 0 Å². The number of phenolic OH excluding ortho intramolecular Hbond substituents is 1. The summed E-state index contributed by atoms with van der Waals surface area (Å²) in [6.45, 7) is 0. The summed E-state index contributed by atoms with van der Waals surface area (Å²) in [5.41, 5.74) is 1.39. The van der Waals surface area contributed by atoms with Gasteiger partial charge in [-0.05, 0) is 36.4 Å². The van der Waals surface area contributed by atoms with Gasteiger partial charge in [0.25, 0.3) is 0 Å². The summed E-state index contributed by atoms with van der Waals surface area (Å²) < 4.78 is 10.1. The minimum Gasteiger partial charge on any atom is -0.504 e. The molecule has 0 aliphatic rings. The Kier molecular flexibility index (Phi) is 4.03. The molecule has 2 aromatic rings. The normalized spacial score (nSPS) is 10.6. The van der Waals surface area contributed by atoms with Crippen LogP contribution >= 0.6 is 0 Å². The number of aromatic hydroxyl groups is 1. The van der Waals surface area contributed by atoms with E-state index in [4.69, 9.17) is 9.47 Å². The van der Waals surface area contributed by atoms with Crippen molar-refractivity contribution in [3.8, 4) is 17.2 Å². The number of benzene rings is 2. The molecule has 98 valence electrons. The number of phenols is 1. The van der Waals surface area contributed by atoms with Crippen molar-refractivity contribution in [1.29, 1.82) is 0 Å². The molecule has 4 nitrogen and oxygen atoms in total. The Bertz CT molecular complexity index is 576. The largest absolute Gasteiger partial charge is 0.504 e. The van der Waals surface area contributed by atoms with E-state index in [-0.39, 0.29) is 5.75 Å². The molecular weight excluding hydrogens is 242 g/mol. The van der Waals surface area contributed by atoms with Gasteiger partial charge in [-0.15, -0.1) is 0 Å². The Morgan fingerprint density at radius 2 is 1.74 bits per heavy atom. The summed E-state index contributed by atoms with van der Waals surface area (Å²) in [6, 6.07) is 12.6. The van der Waals surface area contributed by atoms with E-state index in [2.05, 4.69) is 4.99 Å². The smallest absolute Gasteiger partial charge is 0.166 e. The standard InChI is InChI=1S/C15H15NO3/c1-18-13-8-6-12(7-9-13)16-10-11-4-3-5-14(19-2)15(11)17/h3-10,17H,1-2H3. The van der Waals surface area contributed by atoms with E-state index in [9.17, 15) is 5.11 Å². The predicted octanol–water partition coefficient (Wildman–Crippen LogP) is 3.16. The second kappa shape index (κ2) is 5.91. The highest BCUT2D eigenvalue weighted by Gasteiger charge is 2.04. The molecule has 2 rings (SSSR count). The van der Waals surface area contributed by atoms with Crippen LogP contribution in [0.15, 0.2) is 47.5 Å². The van der Waals surface area contributed by atoms with Crippen molar-refractivity contribution in [2.24, 2.45) is 4.99 Å². The molecule has 0 amide bonds. The summed E-state index contributed by atoms with van der Waals surface area (Å²) in [5.74, 6) is 1.30. The molecule has 0 saturated carbocycles. The first kappa shape index (κ1) is 13.0. The van der Waals surface area contributed by atoms with Crippen molar-refractivity contribution in [2.45, 2.75) is 0 Å². The summed E-state index contributed by atoms with van der Waals surface area (Å²) >= 11 is 0. The maximum Gasteiger partial charge on any atom is 0.166 e. The minimum absolute atomic E-state index is 0.0854. The van der Waals surface area contributed by atoms with Gasteiger partial charge in [0.2, 0.25) is 0 Å². The van der Waals surface area contributed by atoms with E-state index in [1.807, 2.05) is 24.3 Å². The van der Waals surface area contributed by atoms with Crippen LogP contribution in [0.25, 0.3) is 0 Å². The van der Waals surface area contributed by atoms with Crippen LogP contribution in [0.5, 0.6) is 17.2 Å². The monoisotopic (exact) mass is 257 g/mol. The summed E-state index contributed by atoms with van der Waals surface area (Å²) in [4.78, 5) is 4.29. The third kappa shape index (κ3) is 3.04. The number of ether oxygens (including phenoxy) is 2. The van der Waals surface area contributed by atoms with Crippen molar-refractivity contribution in [3.63, 3.8) is 0 Å². The minimum atomic E-state index is 0.0854. The molecule has 0 aromatic heterocycles. The van der Waals surface area contributed by atoms with Gasteiger partial charge in [-0.1, -0.05) is 6.07 Å². The van der Waals surface area contributed by atoms with Crippen LogP contribution in [0.3, 0.4) is 0 Å². The summed E-state index contributed by atoms with van der Waals surface area (Å²) in [6.07, 6.45) is 1.60. The lowest BCUT2D eigenvalue weighted by Crippen LogP contribution is -1.88. The van der Waals surface area contributed by atoms with Gasteiger partial charge in [-0.3, -0.25) is 4.99 Å². The first-order valence-electron chi connectivity index (χ1n) is 5.78. The van der Waals surface area contributed by atoms with Crippen molar-refractivity contribution in [3.05, 3.63) is 48.0 Å². The molecule has 0 fully saturated rings. The maximum absolute atomic E-state index is 9.91.